The van der Waals surface area contributed by atoms with E-state index in [0.29, 0.717) is 17.2 Å². The highest BCUT2D eigenvalue weighted by Crippen LogP contribution is 2.38. The van der Waals surface area contributed by atoms with Gasteiger partial charge in [-0.15, -0.1) is 0 Å². The summed E-state index contributed by atoms with van der Waals surface area (Å²) in [7, 11) is 4.42. The van der Waals surface area contributed by atoms with Crippen LogP contribution in [0.4, 0.5) is 0 Å². The van der Waals surface area contributed by atoms with Gasteiger partial charge < -0.3 is 23.8 Å². The second-order valence-corrected chi connectivity index (χ2v) is 6.14. The van der Waals surface area contributed by atoms with Crippen LogP contribution in [0.1, 0.15) is 43.0 Å². The fourth-order valence-electron chi connectivity index (χ4n) is 3.25. The molecular weight excluding hydrogens is 338 g/mol. The lowest BCUT2D eigenvalue weighted by atomic mass is 10.00. The number of carbonyl (C=O) groups is 2. The number of amides is 1. The first-order valence-electron chi connectivity index (χ1n) is 8.82. The Morgan fingerprint density at radius 2 is 1.73 bits per heavy atom. The number of likely N-dealkylation sites (tertiary alicyclic amines) is 1. The molecule has 1 aliphatic rings. The summed E-state index contributed by atoms with van der Waals surface area (Å²) in [5, 5.41) is 0. The summed E-state index contributed by atoms with van der Waals surface area (Å²) >= 11 is 0. The van der Waals surface area contributed by atoms with Crippen LogP contribution in [0, 0.1) is 0 Å². The summed E-state index contributed by atoms with van der Waals surface area (Å²) in [6.45, 7) is 2.52. The van der Waals surface area contributed by atoms with Gasteiger partial charge in [-0.05, 0) is 37.8 Å². The second-order valence-electron chi connectivity index (χ2n) is 6.14. The molecule has 1 fully saturated rings. The highest BCUT2D eigenvalue weighted by atomic mass is 16.5. The van der Waals surface area contributed by atoms with Crippen molar-refractivity contribution in [2.45, 2.75) is 38.6 Å². The number of methoxy groups -OCH3 is 3. The normalized spacial score (nSPS) is 16.8. The summed E-state index contributed by atoms with van der Waals surface area (Å²) in [4.78, 5) is 26.6. The zero-order chi connectivity index (χ0) is 19.1. The molecule has 1 heterocycles. The van der Waals surface area contributed by atoms with Crippen molar-refractivity contribution in [3.63, 3.8) is 0 Å². The van der Waals surface area contributed by atoms with Gasteiger partial charge >= 0.3 is 5.97 Å². The first-order chi connectivity index (χ1) is 12.5. The van der Waals surface area contributed by atoms with Crippen LogP contribution in [-0.4, -0.2) is 57.3 Å². The van der Waals surface area contributed by atoms with E-state index < -0.39 is 5.97 Å². The van der Waals surface area contributed by atoms with Crippen LogP contribution in [0.25, 0.3) is 0 Å². The van der Waals surface area contributed by atoms with Crippen LogP contribution in [-0.2, 0) is 9.53 Å². The third kappa shape index (κ3) is 4.39. The summed E-state index contributed by atoms with van der Waals surface area (Å²) in [5.74, 6) is 0.334. The van der Waals surface area contributed by atoms with Crippen LogP contribution in [0.2, 0.25) is 0 Å². The molecule has 1 aromatic carbocycles. The van der Waals surface area contributed by atoms with Gasteiger partial charge in [-0.3, -0.25) is 4.79 Å². The average Bonchev–Trinajstić information content (AvgIpc) is 2.70. The molecule has 0 N–H and O–H groups in total. The molecule has 0 aromatic heterocycles. The van der Waals surface area contributed by atoms with Gasteiger partial charge in [0, 0.05) is 12.6 Å². The van der Waals surface area contributed by atoms with E-state index in [-0.39, 0.29) is 24.1 Å². The van der Waals surface area contributed by atoms with E-state index in [2.05, 4.69) is 6.92 Å². The molecule has 1 aromatic rings. The third-order valence-electron chi connectivity index (χ3n) is 4.65. The van der Waals surface area contributed by atoms with E-state index in [1.165, 1.54) is 33.5 Å². The summed E-state index contributed by atoms with van der Waals surface area (Å²) in [5.41, 5.74) is 0.234. The zero-order valence-electron chi connectivity index (χ0n) is 15.9. The number of rotatable bonds is 7. The second kappa shape index (κ2) is 9.31. The van der Waals surface area contributed by atoms with Crippen LogP contribution in [0.15, 0.2) is 12.1 Å². The quantitative estimate of drug-likeness (QED) is 0.692. The molecule has 0 radical (unpaired) electrons. The lowest BCUT2D eigenvalue weighted by Gasteiger charge is -2.35. The van der Waals surface area contributed by atoms with Crippen molar-refractivity contribution < 1.29 is 28.5 Å². The van der Waals surface area contributed by atoms with Crippen LogP contribution >= 0.6 is 0 Å². The molecule has 7 heteroatoms. The monoisotopic (exact) mass is 365 g/mol. The van der Waals surface area contributed by atoms with E-state index >= 15 is 0 Å². The van der Waals surface area contributed by atoms with Crippen molar-refractivity contribution in [3.8, 4) is 17.2 Å². The van der Waals surface area contributed by atoms with E-state index in [0.717, 1.165) is 32.2 Å². The molecule has 0 saturated carbocycles. The minimum absolute atomic E-state index is 0.155. The molecule has 0 spiro atoms. The Labute approximate surface area is 154 Å². The van der Waals surface area contributed by atoms with Crippen LogP contribution in [0.3, 0.4) is 0 Å². The van der Waals surface area contributed by atoms with E-state index in [1.807, 2.05) is 4.90 Å². The topological polar surface area (TPSA) is 74.3 Å². The average molecular weight is 365 g/mol. The first-order valence-corrected chi connectivity index (χ1v) is 8.82. The molecule has 2 rings (SSSR count). The summed E-state index contributed by atoms with van der Waals surface area (Å²) in [6.07, 6.45) is 4.03. The molecular formula is C19H27NO6. The standard InChI is InChI=1S/C19H27NO6/c1-5-14-8-6-7-9-20(14)17(21)12-26-19(22)13-10-15(23-2)18(25-4)16(11-13)24-3/h10-11,14H,5-9,12H2,1-4H3. The lowest BCUT2D eigenvalue weighted by Crippen LogP contribution is -2.45. The molecule has 1 amide bonds. The van der Waals surface area contributed by atoms with Crippen molar-refractivity contribution in [1.82, 2.24) is 4.90 Å². The molecule has 0 bridgehead atoms. The SMILES string of the molecule is CCC1CCCCN1C(=O)COC(=O)c1cc(OC)c(OC)c(OC)c1. The number of benzene rings is 1. The number of nitrogens with zero attached hydrogens (tertiary/aromatic N) is 1. The minimum Gasteiger partial charge on any atom is -0.493 e. The highest BCUT2D eigenvalue weighted by Gasteiger charge is 2.26. The molecule has 1 atom stereocenters. The molecule has 1 aliphatic heterocycles. The Morgan fingerprint density at radius 1 is 1.08 bits per heavy atom. The molecule has 7 nitrogen and oxygen atoms in total. The summed E-state index contributed by atoms with van der Waals surface area (Å²) < 4.78 is 20.9. The predicted octanol–water partition coefficient (Wildman–Crippen LogP) is 2.66. The van der Waals surface area contributed by atoms with Gasteiger partial charge in [-0.2, -0.15) is 0 Å². The maximum Gasteiger partial charge on any atom is 0.338 e. The first kappa shape index (κ1) is 19.9. The smallest absolute Gasteiger partial charge is 0.338 e. The number of piperidine rings is 1. The molecule has 26 heavy (non-hydrogen) atoms. The Bertz CT molecular complexity index is 620. The number of ether oxygens (including phenoxy) is 4. The number of esters is 1. The van der Waals surface area contributed by atoms with E-state index in [4.69, 9.17) is 18.9 Å². The lowest BCUT2D eigenvalue weighted by molar-refractivity contribution is -0.138. The van der Waals surface area contributed by atoms with Gasteiger partial charge in [-0.1, -0.05) is 6.92 Å². The van der Waals surface area contributed by atoms with Gasteiger partial charge in [0.15, 0.2) is 18.1 Å². The maximum absolute atomic E-state index is 12.4. The number of hydrogen-bond acceptors (Lipinski definition) is 6. The largest absolute Gasteiger partial charge is 0.493 e. The van der Waals surface area contributed by atoms with Crippen molar-refractivity contribution in [2.75, 3.05) is 34.5 Å². The zero-order valence-corrected chi connectivity index (χ0v) is 15.9. The van der Waals surface area contributed by atoms with Gasteiger partial charge in [0.1, 0.15) is 0 Å². The van der Waals surface area contributed by atoms with Gasteiger partial charge in [0.25, 0.3) is 5.91 Å². The van der Waals surface area contributed by atoms with Gasteiger partial charge in [0.05, 0.1) is 26.9 Å². The molecule has 1 saturated heterocycles. The Kier molecular flexibility index (Phi) is 7.12. The van der Waals surface area contributed by atoms with Crippen molar-refractivity contribution in [1.29, 1.82) is 0 Å². The van der Waals surface area contributed by atoms with Crippen molar-refractivity contribution in [3.05, 3.63) is 17.7 Å². The number of hydrogen-bond donors (Lipinski definition) is 0. The minimum atomic E-state index is -0.609. The molecule has 1 unspecified atom stereocenters. The third-order valence-corrected chi connectivity index (χ3v) is 4.65. The van der Waals surface area contributed by atoms with Gasteiger partial charge in [-0.25, -0.2) is 4.79 Å². The van der Waals surface area contributed by atoms with Crippen molar-refractivity contribution in [2.24, 2.45) is 0 Å². The molecule has 144 valence electrons. The Balaban J connectivity index is 2.06. The van der Waals surface area contributed by atoms with Gasteiger partial charge in [0.2, 0.25) is 5.75 Å². The predicted molar refractivity (Wildman–Crippen MR) is 96.0 cm³/mol. The summed E-state index contributed by atoms with van der Waals surface area (Å²) in [6, 6.07) is 3.24. The van der Waals surface area contributed by atoms with Crippen molar-refractivity contribution >= 4 is 11.9 Å². The number of carbonyl (C=O) groups excluding carboxylic acids is 2. The fraction of sp³-hybridized carbons (Fsp3) is 0.579. The Morgan fingerprint density at radius 3 is 2.27 bits per heavy atom. The maximum atomic E-state index is 12.4. The van der Waals surface area contributed by atoms with Crippen LogP contribution in [0.5, 0.6) is 17.2 Å². The van der Waals surface area contributed by atoms with Crippen LogP contribution < -0.4 is 14.2 Å². The fourth-order valence-corrected chi connectivity index (χ4v) is 3.25. The molecule has 0 aliphatic carbocycles. The van der Waals surface area contributed by atoms with E-state index in [9.17, 15) is 9.59 Å². The van der Waals surface area contributed by atoms with E-state index in [1.54, 1.807) is 0 Å². The Hall–Kier alpha value is -2.44. The highest BCUT2D eigenvalue weighted by molar-refractivity contribution is 5.92.